The lowest BCUT2D eigenvalue weighted by Crippen LogP contribution is -2.05. The molecule has 0 fully saturated rings. The van der Waals surface area contributed by atoms with Gasteiger partial charge in [0.15, 0.2) is 11.6 Å². The Morgan fingerprint density at radius 2 is 2.00 bits per heavy atom. The number of hydrogen-bond donors (Lipinski definition) is 1. The first kappa shape index (κ1) is 11.1. The van der Waals surface area contributed by atoms with Gasteiger partial charge in [-0.2, -0.15) is 0 Å². The zero-order chi connectivity index (χ0) is 10.7. The number of carboxylic acids is 1. The van der Waals surface area contributed by atoms with Crippen LogP contribution in [0.2, 0.25) is 0 Å². The number of aryl methyl sites for hydroxylation is 1. The number of alkyl halides is 1. The molecule has 76 valence electrons. The monoisotopic (exact) mass is 264 g/mol. The fraction of sp³-hybridized carbons (Fsp3) is 0.222. The molecule has 5 heteroatoms. The third-order valence-corrected chi connectivity index (χ3v) is 2.15. The first-order valence-electron chi connectivity index (χ1n) is 3.84. The molecule has 0 bridgehead atoms. The second-order valence-corrected chi connectivity index (χ2v) is 3.44. The summed E-state index contributed by atoms with van der Waals surface area (Å²) in [5.41, 5.74) is -0.467. The van der Waals surface area contributed by atoms with Crippen LogP contribution in [-0.2, 0) is 6.42 Å². The van der Waals surface area contributed by atoms with Crippen LogP contribution in [-0.4, -0.2) is 16.4 Å². The highest BCUT2D eigenvalue weighted by atomic mass is 79.9. The molecule has 0 radical (unpaired) electrons. The largest absolute Gasteiger partial charge is 0.478 e. The van der Waals surface area contributed by atoms with Crippen LogP contribution in [0.15, 0.2) is 12.1 Å². The lowest BCUT2D eigenvalue weighted by molar-refractivity contribution is 0.0690. The fourth-order valence-corrected chi connectivity index (χ4v) is 1.48. The third-order valence-electron chi connectivity index (χ3n) is 1.76. The van der Waals surface area contributed by atoms with E-state index in [1.54, 1.807) is 0 Å². The molecule has 0 saturated carbocycles. The first-order chi connectivity index (χ1) is 6.57. The van der Waals surface area contributed by atoms with Crippen LogP contribution in [0.3, 0.4) is 0 Å². The summed E-state index contributed by atoms with van der Waals surface area (Å²) in [4.78, 5) is 10.4. The maximum atomic E-state index is 13.2. The molecule has 1 aromatic carbocycles. The molecule has 0 amide bonds. The van der Waals surface area contributed by atoms with E-state index >= 15 is 0 Å². The molecule has 1 N–H and O–H groups in total. The molecule has 0 unspecified atom stereocenters. The van der Waals surface area contributed by atoms with E-state index in [-0.39, 0.29) is 5.56 Å². The van der Waals surface area contributed by atoms with Crippen LogP contribution in [0.5, 0.6) is 0 Å². The normalized spacial score (nSPS) is 10.2. The van der Waals surface area contributed by atoms with Crippen molar-refractivity contribution in [2.45, 2.75) is 6.42 Å². The molecule has 1 aromatic rings. The second-order valence-electron chi connectivity index (χ2n) is 2.64. The quantitative estimate of drug-likeness (QED) is 0.853. The SMILES string of the molecule is O=C(O)c1ccc(CCBr)c(F)c1F. The molecule has 14 heavy (non-hydrogen) atoms. The summed E-state index contributed by atoms with van der Waals surface area (Å²) in [7, 11) is 0. The standard InChI is InChI=1S/C9H7BrF2O2/c10-4-3-5-1-2-6(9(13)14)8(12)7(5)11/h1-2H,3-4H2,(H,13,14). The van der Waals surface area contributed by atoms with Crippen molar-refractivity contribution in [1.29, 1.82) is 0 Å². The number of rotatable bonds is 3. The van der Waals surface area contributed by atoms with E-state index in [9.17, 15) is 13.6 Å². The average Bonchev–Trinajstić information content (AvgIpc) is 2.13. The Morgan fingerprint density at radius 1 is 1.36 bits per heavy atom. The number of carbonyl (C=O) groups is 1. The highest BCUT2D eigenvalue weighted by Crippen LogP contribution is 2.17. The molecule has 0 saturated heterocycles. The molecule has 0 spiro atoms. The summed E-state index contributed by atoms with van der Waals surface area (Å²) in [5.74, 6) is -3.84. The molecule has 0 atom stereocenters. The summed E-state index contributed by atoms with van der Waals surface area (Å²) in [5, 5.41) is 8.99. The van der Waals surface area contributed by atoms with Crippen molar-refractivity contribution in [2.75, 3.05) is 5.33 Å². The highest BCUT2D eigenvalue weighted by Gasteiger charge is 2.17. The second kappa shape index (κ2) is 4.50. The fourth-order valence-electron chi connectivity index (χ4n) is 1.05. The van der Waals surface area contributed by atoms with E-state index in [1.807, 2.05) is 0 Å². The molecule has 2 nitrogen and oxygen atoms in total. The predicted molar refractivity (Wildman–Crippen MR) is 50.8 cm³/mol. The van der Waals surface area contributed by atoms with Gasteiger partial charge in [-0.1, -0.05) is 22.0 Å². The summed E-state index contributed by atoms with van der Waals surface area (Å²) in [6, 6.07) is 2.35. The summed E-state index contributed by atoms with van der Waals surface area (Å²) < 4.78 is 26.2. The van der Waals surface area contributed by atoms with E-state index in [4.69, 9.17) is 5.11 Å². The predicted octanol–water partition coefficient (Wildman–Crippen LogP) is 2.60. The third kappa shape index (κ3) is 2.09. The number of hydrogen-bond acceptors (Lipinski definition) is 1. The minimum atomic E-state index is -1.47. The van der Waals surface area contributed by atoms with Crippen molar-refractivity contribution in [1.82, 2.24) is 0 Å². The molecular formula is C9H7BrF2O2. The van der Waals surface area contributed by atoms with Crippen LogP contribution >= 0.6 is 15.9 Å². The maximum absolute atomic E-state index is 13.2. The molecule has 0 aromatic heterocycles. The maximum Gasteiger partial charge on any atom is 0.338 e. The van der Waals surface area contributed by atoms with Gasteiger partial charge in [-0.15, -0.1) is 0 Å². The Kier molecular flexibility index (Phi) is 3.57. The van der Waals surface area contributed by atoms with Gasteiger partial charge in [0.05, 0.1) is 5.56 Å². The first-order valence-corrected chi connectivity index (χ1v) is 4.96. The highest BCUT2D eigenvalue weighted by molar-refractivity contribution is 9.09. The van der Waals surface area contributed by atoms with Gasteiger partial charge in [-0.25, -0.2) is 13.6 Å². The Labute approximate surface area is 87.7 Å². The molecular weight excluding hydrogens is 258 g/mol. The van der Waals surface area contributed by atoms with Gasteiger partial charge in [0, 0.05) is 5.33 Å². The van der Waals surface area contributed by atoms with Gasteiger partial charge in [0.1, 0.15) is 0 Å². The van der Waals surface area contributed by atoms with Crippen molar-refractivity contribution >= 4 is 21.9 Å². The van der Waals surface area contributed by atoms with Gasteiger partial charge < -0.3 is 5.11 Å². The smallest absolute Gasteiger partial charge is 0.338 e. The van der Waals surface area contributed by atoms with E-state index < -0.39 is 23.2 Å². The number of halogens is 3. The minimum Gasteiger partial charge on any atom is -0.478 e. The lowest BCUT2D eigenvalue weighted by Gasteiger charge is -2.03. The molecule has 0 aliphatic carbocycles. The van der Waals surface area contributed by atoms with Gasteiger partial charge in [-0.3, -0.25) is 0 Å². The van der Waals surface area contributed by atoms with E-state index in [0.717, 1.165) is 6.07 Å². The van der Waals surface area contributed by atoms with E-state index in [0.29, 0.717) is 11.8 Å². The van der Waals surface area contributed by atoms with E-state index in [1.165, 1.54) is 6.07 Å². The van der Waals surface area contributed by atoms with Gasteiger partial charge in [0.25, 0.3) is 0 Å². The Balaban J connectivity index is 3.19. The van der Waals surface area contributed by atoms with Crippen LogP contribution in [0.1, 0.15) is 15.9 Å². The van der Waals surface area contributed by atoms with Gasteiger partial charge >= 0.3 is 5.97 Å². The van der Waals surface area contributed by atoms with Crippen LogP contribution in [0.25, 0.3) is 0 Å². The molecule has 1 rings (SSSR count). The summed E-state index contributed by atoms with van der Waals surface area (Å²) >= 11 is 3.09. The summed E-state index contributed by atoms with van der Waals surface area (Å²) in [6.45, 7) is 0. The lowest BCUT2D eigenvalue weighted by atomic mass is 10.1. The summed E-state index contributed by atoms with van der Waals surface area (Å²) in [6.07, 6.45) is 0.322. The number of benzene rings is 1. The zero-order valence-corrected chi connectivity index (χ0v) is 8.64. The topological polar surface area (TPSA) is 37.3 Å². The average molecular weight is 265 g/mol. The molecule has 0 aliphatic rings. The Bertz CT molecular complexity index is 366. The van der Waals surface area contributed by atoms with Crippen LogP contribution in [0.4, 0.5) is 8.78 Å². The van der Waals surface area contributed by atoms with Crippen molar-refractivity contribution in [3.8, 4) is 0 Å². The van der Waals surface area contributed by atoms with Gasteiger partial charge in [-0.05, 0) is 18.1 Å². The molecule has 0 aliphatic heterocycles. The number of aromatic carboxylic acids is 1. The van der Waals surface area contributed by atoms with Crippen molar-refractivity contribution in [2.24, 2.45) is 0 Å². The number of carboxylic acid groups (broad SMARTS) is 1. The Morgan fingerprint density at radius 3 is 2.50 bits per heavy atom. The van der Waals surface area contributed by atoms with Crippen molar-refractivity contribution in [3.05, 3.63) is 34.9 Å². The molecule has 0 heterocycles. The zero-order valence-electron chi connectivity index (χ0n) is 7.06. The van der Waals surface area contributed by atoms with Crippen LogP contribution < -0.4 is 0 Å². The van der Waals surface area contributed by atoms with Gasteiger partial charge in [0.2, 0.25) is 0 Å². The van der Waals surface area contributed by atoms with Crippen molar-refractivity contribution < 1.29 is 18.7 Å². The van der Waals surface area contributed by atoms with Crippen molar-refractivity contribution in [3.63, 3.8) is 0 Å². The minimum absolute atomic E-state index is 0.171. The van der Waals surface area contributed by atoms with Crippen LogP contribution in [0, 0.1) is 11.6 Å². The Hall–Kier alpha value is -0.970. The van der Waals surface area contributed by atoms with E-state index in [2.05, 4.69) is 15.9 Å².